The molecular formula is C20H21N7O. The van der Waals surface area contributed by atoms with Crippen LogP contribution in [0.4, 0.5) is 5.82 Å². The summed E-state index contributed by atoms with van der Waals surface area (Å²) in [6.07, 6.45) is 3.53. The highest BCUT2D eigenvalue weighted by Gasteiger charge is 2.14. The molecule has 1 aromatic carbocycles. The largest absolute Gasteiger partial charge is 0.494 e. The Bertz CT molecular complexity index is 1140. The maximum atomic E-state index is 5.60. The highest BCUT2D eigenvalue weighted by atomic mass is 16.5. The zero-order valence-electron chi connectivity index (χ0n) is 16.3. The standard InChI is InChI=1S/C20H21N7O/c1-12-5-6-15(25-24-12)9-21-20-16-7-14(17-10-27(3)26-13(17)2)8-18(28-4)19(16)22-11-23-20/h5-8,10-11H,9H2,1-4H3,(H,21,22,23). The minimum Gasteiger partial charge on any atom is -0.494 e. The Labute approximate surface area is 162 Å². The van der Waals surface area contributed by atoms with Gasteiger partial charge in [-0.15, -0.1) is 0 Å². The van der Waals surface area contributed by atoms with Gasteiger partial charge < -0.3 is 10.1 Å². The van der Waals surface area contributed by atoms with E-state index < -0.39 is 0 Å². The van der Waals surface area contributed by atoms with Gasteiger partial charge in [0.15, 0.2) is 0 Å². The van der Waals surface area contributed by atoms with Crippen LogP contribution in [0.3, 0.4) is 0 Å². The molecule has 0 aliphatic carbocycles. The molecular weight excluding hydrogens is 354 g/mol. The second-order valence-corrected chi connectivity index (χ2v) is 6.62. The highest BCUT2D eigenvalue weighted by molar-refractivity contribution is 5.96. The van der Waals surface area contributed by atoms with E-state index in [0.29, 0.717) is 18.1 Å². The number of hydrogen-bond donors (Lipinski definition) is 1. The number of rotatable bonds is 5. The van der Waals surface area contributed by atoms with Crippen molar-refractivity contribution >= 4 is 16.7 Å². The van der Waals surface area contributed by atoms with Gasteiger partial charge in [0, 0.05) is 24.2 Å². The van der Waals surface area contributed by atoms with E-state index in [4.69, 9.17) is 4.74 Å². The van der Waals surface area contributed by atoms with Gasteiger partial charge in [-0.3, -0.25) is 4.68 Å². The van der Waals surface area contributed by atoms with Crippen LogP contribution in [0, 0.1) is 13.8 Å². The van der Waals surface area contributed by atoms with Crippen molar-refractivity contribution in [2.75, 3.05) is 12.4 Å². The van der Waals surface area contributed by atoms with Crippen molar-refractivity contribution in [3.63, 3.8) is 0 Å². The molecule has 3 heterocycles. The molecule has 8 nitrogen and oxygen atoms in total. The van der Waals surface area contributed by atoms with Crippen LogP contribution in [0.5, 0.6) is 5.75 Å². The average Bonchev–Trinajstić information content (AvgIpc) is 3.04. The third-order valence-corrected chi connectivity index (χ3v) is 4.54. The first-order valence-electron chi connectivity index (χ1n) is 8.91. The predicted octanol–water partition coefficient (Wildman–Crippen LogP) is 3.06. The van der Waals surface area contributed by atoms with Gasteiger partial charge in [0.2, 0.25) is 0 Å². The predicted molar refractivity (Wildman–Crippen MR) is 107 cm³/mol. The van der Waals surface area contributed by atoms with E-state index in [9.17, 15) is 0 Å². The van der Waals surface area contributed by atoms with Gasteiger partial charge in [-0.05, 0) is 43.7 Å². The molecule has 0 saturated carbocycles. The van der Waals surface area contributed by atoms with Crippen LogP contribution in [0.25, 0.3) is 22.0 Å². The number of fused-ring (bicyclic) bond motifs is 1. The van der Waals surface area contributed by atoms with Gasteiger partial charge in [-0.25, -0.2) is 9.97 Å². The van der Waals surface area contributed by atoms with Gasteiger partial charge in [-0.2, -0.15) is 15.3 Å². The van der Waals surface area contributed by atoms with Crippen LogP contribution in [0.1, 0.15) is 17.1 Å². The van der Waals surface area contributed by atoms with Gasteiger partial charge >= 0.3 is 0 Å². The maximum absolute atomic E-state index is 5.60. The summed E-state index contributed by atoms with van der Waals surface area (Å²) in [7, 11) is 3.55. The molecule has 3 aromatic heterocycles. The minimum absolute atomic E-state index is 0.512. The molecule has 0 aliphatic rings. The number of nitrogens with zero attached hydrogens (tertiary/aromatic N) is 6. The van der Waals surface area contributed by atoms with Crippen LogP contribution >= 0.6 is 0 Å². The molecule has 0 atom stereocenters. The zero-order chi connectivity index (χ0) is 19.7. The van der Waals surface area contributed by atoms with Gasteiger partial charge in [0.25, 0.3) is 0 Å². The molecule has 0 saturated heterocycles. The lowest BCUT2D eigenvalue weighted by Gasteiger charge is -2.12. The van der Waals surface area contributed by atoms with E-state index in [0.717, 1.165) is 39.1 Å². The van der Waals surface area contributed by atoms with Crippen molar-refractivity contribution in [3.05, 3.63) is 53.9 Å². The van der Waals surface area contributed by atoms with Gasteiger partial charge in [0.1, 0.15) is 23.4 Å². The smallest absolute Gasteiger partial charge is 0.145 e. The quantitative estimate of drug-likeness (QED) is 0.573. The summed E-state index contributed by atoms with van der Waals surface area (Å²) in [6.45, 7) is 4.41. The number of benzene rings is 1. The summed E-state index contributed by atoms with van der Waals surface area (Å²) >= 11 is 0. The van der Waals surface area contributed by atoms with E-state index >= 15 is 0 Å². The normalized spacial score (nSPS) is 11.0. The van der Waals surface area contributed by atoms with Crippen LogP contribution < -0.4 is 10.1 Å². The molecule has 0 bridgehead atoms. The molecule has 4 aromatic rings. The maximum Gasteiger partial charge on any atom is 0.145 e. The first kappa shape index (κ1) is 17.8. The van der Waals surface area contributed by atoms with Crippen LogP contribution in [0.2, 0.25) is 0 Å². The summed E-state index contributed by atoms with van der Waals surface area (Å²) in [4.78, 5) is 8.85. The van der Waals surface area contributed by atoms with Crippen LogP contribution in [-0.2, 0) is 13.6 Å². The van der Waals surface area contributed by atoms with E-state index in [-0.39, 0.29) is 0 Å². The fourth-order valence-corrected chi connectivity index (χ4v) is 3.17. The highest BCUT2D eigenvalue weighted by Crippen LogP contribution is 2.34. The molecule has 0 radical (unpaired) electrons. The van der Waals surface area contributed by atoms with Crippen molar-refractivity contribution in [1.82, 2.24) is 29.9 Å². The van der Waals surface area contributed by atoms with Gasteiger partial charge in [-0.1, -0.05) is 0 Å². The number of anilines is 1. The first-order chi connectivity index (χ1) is 13.5. The summed E-state index contributed by atoms with van der Waals surface area (Å²) in [6, 6.07) is 7.93. The third-order valence-electron chi connectivity index (χ3n) is 4.54. The summed E-state index contributed by atoms with van der Waals surface area (Å²) in [5, 5.41) is 17.0. The number of aromatic nitrogens is 6. The second-order valence-electron chi connectivity index (χ2n) is 6.62. The number of aryl methyl sites for hydroxylation is 3. The summed E-state index contributed by atoms with van der Waals surface area (Å²) in [5.74, 6) is 1.41. The summed E-state index contributed by atoms with van der Waals surface area (Å²) in [5.41, 5.74) is 5.47. The van der Waals surface area contributed by atoms with Crippen molar-refractivity contribution in [1.29, 1.82) is 0 Å². The third kappa shape index (κ3) is 3.36. The molecule has 0 unspecified atom stereocenters. The lowest BCUT2D eigenvalue weighted by atomic mass is 10.0. The Morgan fingerprint density at radius 3 is 2.64 bits per heavy atom. The zero-order valence-corrected chi connectivity index (χ0v) is 16.3. The van der Waals surface area contributed by atoms with E-state index in [1.54, 1.807) is 11.8 Å². The van der Waals surface area contributed by atoms with E-state index in [1.807, 2.05) is 45.3 Å². The SMILES string of the molecule is COc1cc(-c2cn(C)nc2C)cc2c(NCc3ccc(C)nn3)ncnc12. The lowest BCUT2D eigenvalue weighted by Crippen LogP contribution is -2.05. The average molecular weight is 375 g/mol. The van der Waals surface area contributed by atoms with Crippen molar-refractivity contribution in [3.8, 4) is 16.9 Å². The Hall–Kier alpha value is -3.55. The topological polar surface area (TPSA) is 90.6 Å². The van der Waals surface area contributed by atoms with Crippen molar-refractivity contribution < 1.29 is 4.74 Å². The van der Waals surface area contributed by atoms with Crippen molar-refractivity contribution in [2.24, 2.45) is 7.05 Å². The number of hydrogen-bond acceptors (Lipinski definition) is 7. The monoisotopic (exact) mass is 375 g/mol. The van der Waals surface area contributed by atoms with Crippen molar-refractivity contribution in [2.45, 2.75) is 20.4 Å². The lowest BCUT2D eigenvalue weighted by molar-refractivity contribution is 0.419. The van der Waals surface area contributed by atoms with Gasteiger partial charge in [0.05, 0.1) is 30.7 Å². The number of ether oxygens (including phenoxy) is 1. The summed E-state index contributed by atoms with van der Waals surface area (Å²) < 4.78 is 7.40. The van der Waals surface area contributed by atoms with E-state index in [2.05, 4.69) is 36.6 Å². The molecule has 1 N–H and O–H groups in total. The second kappa shape index (κ2) is 7.22. The Balaban J connectivity index is 1.77. The minimum atomic E-state index is 0.512. The molecule has 4 rings (SSSR count). The van der Waals surface area contributed by atoms with E-state index in [1.165, 1.54) is 6.33 Å². The molecule has 0 spiro atoms. The molecule has 0 fully saturated rings. The first-order valence-corrected chi connectivity index (χ1v) is 8.91. The molecule has 0 aliphatic heterocycles. The molecule has 142 valence electrons. The number of nitrogens with one attached hydrogen (secondary N) is 1. The van der Waals surface area contributed by atoms with Crippen LogP contribution in [-0.4, -0.2) is 37.1 Å². The fraction of sp³-hybridized carbons (Fsp3) is 0.250. The molecule has 28 heavy (non-hydrogen) atoms. The molecule has 8 heteroatoms. The fourth-order valence-electron chi connectivity index (χ4n) is 3.17. The number of methoxy groups -OCH3 is 1. The van der Waals surface area contributed by atoms with Crippen LogP contribution in [0.15, 0.2) is 36.8 Å². The Morgan fingerprint density at radius 2 is 1.96 bits per heavy atom. The Morgan fingerprint density at radius 1 is 1.11 bits per heavy atom. The Kier molecular flexibility index (Phi) is 4.60. The molecule has 0 amide bonds.